The van der Waals surface area contributed by atoms with Crippen molar-refractivity contribution in [1.82, 2.24) is 0 Å². The number of halogens is 3. The number of hydrogen-bond acceptors (Lipinski definition) is 0. The van der Waals surface area contributed by atoms with E-state index >= 15 is 0 Å². The first-order valence-corrected chi connectivity index (χ1v) is 2.96. The zero-order valence-corrected chi connectivity index (χ0v) is 5.75. The molecule has 10 heavy (non-hydrogen) atoms. The van der Waals surface area contributed by atoms with Gasteiger partial charge in [-0.2, -0.15) is 0 Å². The highest BCUT2D eigenvalue weighted by Gasteiger charge is 2.06. The van der Waals surface area contributed by atoms with Gasteiger partial charge in [-0.15, -0.1) is 0 Å². The molecule has 0 bridgehead atoms. The Hall–Kier alpha value is -0.630. The van der Waals surface area contributed by atoms with Crippen LogP contribution in [0.2, 0.25) is 5.02 Å². The van der Waals surface area contributed by atoms with E-state index in [2.05, 4.69) is 6.92 Å². The Bertz CT molecular complexity index is 231. The minimum atomic E-state index is -0.979. The summed E-state index contributed by atoms with van der Waals surface area (Å²) in [7, 11) is 0. The number of rotatable bonds is 0. The van der Waals surface area contributed by atoms with Crippen molar-refractivity contribution >= 4 is 11.6 Å². The summed E-state index contributed by atoms with van der Waals surface area (Å²) >= 11 is 5.42. The second-order valence-electron chi connectivity index (χ2n) is 1.82. The molecule has 0 aromatic heterocycles. The Labute approximate surface area is 62.4 Å². The molecule has 0 spiro atoms. The predicted molar refractivity (Wildman–Crippen MR) is 35.8 cm³/mol. The molecule has 1 aromatic rings. The maximum atomic E-state index is 12.5. The van der Waals surface area contributed by atoms with Gasteiger partial charge in [-0.3, -0.25) is 0 Å². The maximum absolute atomic E-state index is 12.5. The quantitative estimate of drug-likeness (QED) is 0.514. The highest BCUT2D eigenvalue weighted by Crippen LogP contribution is 2.19. The lowest BCUT2D eigenvalue weighted by Crippen LogP contribution is -1.88. The molecule has 0 heterocycles. The average molecular weight is 162 g/mol. The zero-order valence-electron chi connectivity index (χ0n) is 5.00. The zero-order chi connectivity index (χ0) is 7.72. The molecule has 3 heteroatoms. The molecule has 0 fully saturated rings. The molecule has 0 amide bonds. The molecule has 53 valence electrons. The second-order valence-corrected chi connectivity index (χ2v) is 2.23. The lowest BCUT2D eigenvalue weighted by atomic mass is 10.2. The van der Waals surface area contributed by atoms with Crippen molar-refractivity contribution < 1.29 is 8.78 Å². The second kappa shape index (κ2) is 2.54. The van der Waals surface area contributed by atoms with Gasteiger partial charge in [0.05, 0.1) is 0 Å². The SMILES string of the molecule is [CH2]c1c(Cl)ccc(F)c1F. The van der Waals surface area contributed by atoms with Crippen LogP contribution >= 0.6 is 11.6 Å². The van der Waals surface area contributed by atoms with Crippen LogP contribution in [0.5, 0.6) is 0 Å². The Morgan fingerprint density at radius 2 is 1.90 bits per heavy atom. The van der Waals surface area contributed by atoms with Crippen LogP contribution in [-0.2, 0) is 0 Å². The predicted octanol–water partition coefficient (Wildman–Crippen LogP) is 2.80. The van der Waals surface area contributed by atoms with Crippen molar-refractivity contribution in [1.29, 1.82) is 0 Å². The Morgan fingerprint density at radius 3 is 2.40 bits per heavy atom. The third-order valence-electron chi connectivity index (χ3n) is 1.14. The fraction of sp³-hybridized carbons (Fsp3) is 0. The molecule has 1 rings (SSSR count). The van der Waals surface area contributed by atoms with Crippen molar-refractivity contribution in [3.8, 4) is 0 Å². The standard InChI is InChI=1S/C7H4ClF2/c1-4-5(8)2-3-6(9)7(4)10/h2-3H,1H2. The first-order chi connectivity index (χ1) is 4.63. The molecule has 0 nitrogen and oxygen atoms in total. The molecule has 0 aliphatic carbocycles. The molecule has 0 aliphatic rings. The summed E-state index contributed by atoms with van der Waals surface area (Å²) in [4.78, 5) is 0. The minimum Gasteiger partial charge on any atom is -0.204 e. The van der Waals surface area contributed by atoms with Crippen LogP contribution in [0.15, 0.2) is 12.1 Å². The summed E-state index contributed by atoms with van der Waals surface area (Å²) in [5, 5.41) is 0.138. The van der Waals surface area contributed by atoms with E-state index in [4.69, 9.17) is 11.6 Å². The molecule has 0 N–H and O–H groups in total. The van der Waals surface area contributed by atoms with Gasteiger partial charge in [0, 0.05) is 10.6 Å². The van der Waals surface area contributed by atoms with E-state index in [0.29, 0.717) is 0 Å². The van der Waals surface area contributed by atoms with Gasteiger partial charge in [-0.05, 0) is 19.1 Å². The van der Waals surface area contributed by atoms with E-state index in [1.54, 1.807) is 0 Å². The molecular weight excluding hydrogens is 158 g/mol. The van der Waals surface area contributed by atoms with Gasteiger partial charge < -0.3 is 0 Å². The van der Waals surface area contributed by atoms with Crippen molar-refractivity contribution in [2.45, 2.75) is 0 Å². The van der Waals surface area contributed by atoms with Gasteiger partial charge in [0.25, 0.3) is 0 Å². The van der Waals surface area contributed by atoms with E-state index in [0.717, 1.165) is 6.07 Å². The Kier molecular flexibility index (Phi) is 1.90. The van der Waals surface area contributed by atoms with Gasteiger partial charge in [0.2, 0.25) is 0 Å². The summed E-state index contributed by atoms with van der Waals surface area (Å²) in [5.74, 6) is -1.90. The van der Waals surface area contributed by atoms with Crippen LogP contribution in [0.1, 0.15) is 5.56 Å². The van der Waals surface area contributed by atoms with E-state index in [1.165, 1.54) is 6.07 Å². The largest absolute Gasteiger partial charge is 0.204 e. The topological polar surface area (TPSA) is 0 Å². The third-order valence-corrected chi connectivity index (χ3v) is 1.49. The summed E-state index contributed by atoms with van der Waals surface area (Å²) < 4.78 is 24.8. The van der Waals surface area contributed by atoms with Crippen molar-refractivity contribution in [2.24, 2.45) is 0 Å². The average Bonchev–Trinajstić information content (AvgIpc) is 1.93. The van der Waals surface area contributed by atoms with Crippen LogP contribution < -0.4 is 0 Å². The smallest absolute Gasteiger partial charge is 0.163 e. The summed E-state index contributed by atoms with van der Waals surface area (Å²) in [5.41, 5.74) is -0.0957. The van der Waals surface area contributed by atoms with E-state index in [1.807, 2.05) is 0 Å². The van der Waals surface area contributed by atoms with Crippen molar-refractivity contribution in [2.75, 3.05) is 0 Å². The van der Waals surface area contributed by atoms with Crippen molar-refractivity contribution in [3.63, 3.8) is 0 Å². The van der Waals surface area contributed by atoms with Gasteiger partial charge in [-0.25, -0.2) is 8.78 Å². The molecular formula is C7H4ClF2. The third kappa shape index (κ3) is 1.12. The highest BCUT2D eigenvalue weighted by molar-refractivity contribution is 6.31. The van der Waals surface area contributed by atoms with E-state index in [-0.39, 0.29) is 10.6 Å². The molecule has 0 aliphatic heterocycles. The normalized spacial score (nSPS) is 10.0. The lowest BCUT2D eigenvalue weighted by Gasteiger charge is -1.98. The Balaban J connectivity index is 3.34. The molecule has 0 atom stereocenters. The molecule has 1 radical (unpaired) electrons. The first-order valence-electron chi connectivity index (χ1n) is 2.58. The van der Waals surface area contributed by atoms with E-state index in [9.17, 15) is 8.78 Å². The van der Waals surface area contributed by atoms with Crippen LogP contribution in [0.3, 0.4) is 0 Å². The fourth-order valence-electron chi connectivity index (χ4n) is 0.569. The summed E-state index contributed by atoms with van der Waals surface area (Å²) in [6, 6.07) is 2.23. The highest BCUT2D eigenvalue weighted by atomic mass is 35.5. The summed E-state index contributed by atoms with van der Waals surface area (Å²) in [6.07, 6.45) is 0. The molecule has 0 saturated carbocycles. The molecule has 0 unspecified atom stereocenters. The summed E-state index contributed by atoms with van der Waals surface area (Å²) in [6.45, 7) is 3.23. The number of hydrogen-bond donors (Lipinski definition) is 0. The van der Waals surface area contributed by atoms with Gasteiger partial charge in [0.1, 0.15) is 0 Å². The van der Waals surface area contributed by atoms with Crippen LogP contribution in [0, 0.1) is 18.6 Å². The Morgan fingerprint density at radius 1 is 1.30 bits per heavy atom. The van der Waals surface area contributed by atoms with Crippen LogP contribution in [-0.4, -0.2) is 0 Å². The monoisotopic (exact) mass is 161 g/mol. The maximum Gasteiger partial charge on any atom is 0.163 e. The van der Waals surface area contributed by atoms with Gasteiger partial charge >= 0.3 is 0 Å². The van der Waals surface area contributed by atoms with Gasteiger partial charge in [-0.1, -0.05) is 11.6 Å². The van der Waals surface area contributed by atoms with Crippen LogP contribution in [0.4, 0.5) is 8.78 Å². The first kappa shape index (κ1) is 7.48. The number of benzene rings is 1. The minimum absolute atomic E-state index is 0.0957. The lowest BCUT2D eigenvalue weighted by molar-refractivity contribution is 0.505. The van der Waals surface area contributed by atoms with Crippen molar-refractivity contribution in [3.05, 3.63) is 41.3 Å². The van der Waals surface area contributed by atoms with Crippen LogP contribution in [0.25, 0.3) is 0 Å². The molecule has 0 saturated heterocycles. The molecule has 1 aromatic carbocycles. The fourth-order valence-corrected chi connectivity index (χ4v) is 0.715. The van der Waals surface area contributed by atoms with Gasteiger partial charge in [0.15, 0.2) is 11.6 Å². The van der Waals surface area contributed by atoms with E-state index < -0.39 is 11.6 Å².